The predicted molar refractivity (Wildman–Crippen MR) is 82.6 cm³/mol. The Kier molecular flexibility index (Phi) is 3.65. The average molecular weight is 277 g/mol. The summed E-state index contributed by atoms with van der Waals surface area (Å²) in [6, 6.07) is 19.3. The summed E-state index contributed by atoms with van der Waals surface area (Å²) < 4.78 is 0. The zero-order valence-electron chi connectivity index (χ0n) is 11.5. The van der Waals surface area contributed by atoms with Crippen LogP contribution in [-0.4, -0.2) is 16.1 Å². The molecule has 0 amide bonds. The third-order valence-electron chi connectivity index (χ3n) is 3.53. The van der Waals surface area contributed by atoms with Crippen LogP contribution in [0.1, 0.15) is 21.6 Å². The van der Waals surface area contributed by atoms with Gasteiger partial charge < -0.3 is 5.11 Å². The lowest BCUT2D eigenvalue weighted by molar-refractivity contribution is 0.0695. The second-order valence-corrected chi connectivity index (χ2v) is 4.97. The van der Waals surface area contributed by atoms with E-state index in [9.17, 15) is 9.90 Å². The van der Waals surface area contributed by atoms with E-state index in [-0.39, 0.29) is 0 Å². The number of hydrogen-bond acceptors (Lipinski definition) is 2. The van der Waals surface area contributed by atoms with Gasteiger partial charge in [-0.3, -0.25) is 4.98 Å². The van der Waals surface area contributed by atoms with E-state index in [1.54, 1.807) is 6.07 Å². The second-order valence-electron chi connectivity index (χ2n) is 4.97. The summed E-state index contributed by atoms with van der Waals surface area (Å²) in [6.45, 7) is 0. The van der Waals surface area contributed by atoms with Crippen molar-refractivity contribution in [2.45, 2.75) is 12.8 Å². The van der Waals surface area contributed by atoms with Crippen molar-refractivity contribution in [1.29, 1.82) is 0 Å². The van der Waals surface area contributed by atoms with Gasteiger partial charge >= 0.3 is 5.97 Å². The molecule has 21 heavy (non-hydrogen) atoms. The molecule has 0 atom stereocenters. The molecule has 3 aromatic rings. The maximum atomic E-state index is 11.4. The molecule has 1 heterocycles. The van der Waals surface area contributed by atoms with Gasteiger partial charge in [-0.05, 0) is 30.5 Å². The molecule has 0 unspecified atom stereocenters. The molecule has 0 aliphatic rings. The van der Waals surface area contributed by atoms with E-state index in [4.69, 9.17) is 0 Å². The number of para-hydroxylation sites is 1. The third-order valence-corrected chi connectivity index (χ3v) is 3.53. The summed E-state index contributed by atoms with van der Waals surface area (Å²) in [5.41, 5.74) is 2.96. The summed E-state index contributed by atoms with van der Waals surface area (Å²) in [6.07, 6.45) is 1.41. The van der Waals surface area contributed by atoms with Crippen LogP contribution >= 0.6 is 0 Å². The summed E-state index contributed by atoms with van der Waals surface area (Å²) in [5.74, 6) is -0.920. The molecule has 0 fully saturated rings. The van der Waals surface area contributed by atoms with Gasteiger partial charge in [-0.1, -0.05) is 48.5 Å². The topological polar surface area (TPSA) is 50.2 Å². The second kappa shape index (κ2) is 5.75. The van der Waals surface area contributed by atoms with E-state index in [0.29, 0.717) is 17.7 Å². The van der Waals surface area contributed by atoms with Crippen LogP contribution in [-0.2, 0) is 12.8 Å². The number of fused-ring (bicyclic) bond motifs is 1. The SMILES string of the molecule is O=C(O)c1cc2ccccc2nc1CCc1ccccc1. The van der Waals surface area contributed by atoms with Gasteiger partial charge in [0, 0.05) is 5.39 Å². The standard InChI is InChI=1S/C18H15NO2/c20-18(21)15-12-14-8-4-5-9-16(14)19-17(15)11-10-13-6-2-1-3-7-13/h1-9,12H,10-11H2,(H,20,21). The Morgan fingerprint density at radius 2 is 1.67 bits per heavy atom. The number of aryl methyl sites for hydroxylation is 2. The molecule has 0 aliphatic carbocycles. The van der Waals surface area contributed by atoms with Gasteiger partial charge in [0.2, 0.25) is 0 Å². The first-order chi connectivity index (χ1) is 10.2. The van der Waals surface area contributed by atoms with E-state index in [0.717, 1.165) is 17.3 Å². The van der Waals surface area contributed by atoms with Gasteiger partial charge in [-0.15, -0.1) is 0 Å². The van der Waals surface area contributed by atoms with Gasteiger partial charge in [0.05, 0.1) is 16.8 Å². The maximum absolute atomic E-state index is 11.4. The highest BCUT2D eigenvalue weighted by Gasteiger charge is 2.13. The minimum absolute atomic E-state index is 0.296. The van der Waals surface area contributed by atoms with E-state index < -0.39 is 5.97 Å². The Bertz CT molecular complexity index is 782. The first kappa shape index (κ1) is 13.3. The van der Waals surface area contributed by atoms with Crippen molar-refractivity contribution < 1.29 is 9.90 Å². The van der Waals surface area contributed by atoms with Crippen LogP contribution in [0.25, 0.3) is 10.9 Å². The quantitative estimate of drug-likeness (QED) is 0.790. The number of aromatic carboxylic acids is 1. The molecule has 0 saturated heterocycles. The van der Waals surface area contributed by atoms with E-state index >= 15 is 0 Å². The van der Waals surface area contributed by atoms with Gasteiger partial charge in [-0.25, -0.2) is 4.79 Å². The van der Waals surface area contributed by atoms with Gasteiger partial charge in [-0.2, -0.15) is 0 Å². The smallest absolute Gasteiger partial charge is 0.337 e. The largest absolute Gasteiger partial charge is 0.478 e. The first-order valence-corrected chi connectivity index (χ1v) is 6.90. The Hall–Kier alpha value is -2.68. The number of benzene rings is 2. The van der Waals surface area contributed by atoms with E-state index in [1.165, 1.54) is 5.56 Å². The number of rotatable bonds is 4. The molecular weight excluding hydrogens is 262 g/mol. The molecule has 1 N–H and O–H groups in total. The van der Waals surface area contributed by atoms with E-state index in [1.807, 2.05) is 54.6 Å². The van der Waals surface area contributed by atoms with Gasteiger partial charge in [0.1, 0.15) is 0 Å². The zero-order chi connectivity index (χ0) is 14.7. The Balaban J connectivity index is 1.96. The molecule has 3 rings (SSSR count). The third kappa shape index (κ3) is 2.92. The molecule has 3 nitrogen and oxygen atoms in total. The molecule has 0 bridgehead atoms. The number of pyridine rings is 1. The van der Waals surface area contributed by atoms with Crippen LogP contribution in [0, 0.1) is 0 Å². The lowest BCUT2D eigenvalue weighted by Crippen LogP contribution is -2.06. The van der Waals surface area contributed by atoms with E-state index in [2.05, 4.69) is 4.98 Å². The van der Waals surface area contributed by atoms with Crippen LogP contribution in [0.2, 0.25) is 0 Å². The maximum Gasteiger partial charge on any atom is 0.337 e. The number of carboxylic acids is 1. The molecule has 2 aromatic carbocycles. The Labute approximate surface area is 122 Å². The fourth-order valence-corrected chi connectivity index (χ4v) is 2.44. The molecule has 0 radical (unpaired) electrons. The highest BCUT2D eigenvalue weighted by Crippen LogP contribution is 2.18. The van der Waals surface area contributed by atoms with Crippen molar-refractivity contribution in [3.8, 4) is 0 Å². The number of carbonyl (C=O) groups is 1. The monoisotopic (exact) mass is 277 g/mol. The van der Waals surface area contributed by atoms with Crippen LogP contribution < -0.4 is 0 Å². The fourth-order valence-electron chi connectivity index (χ4n) is 2.44. The highest BCUT2D eigenvalue weighted by molar-refractivity contribution is 5.94. The highest BCUT2D eigenvalue weighted by atomic mass is 16.4. The molecule has 3 heteroatoms. The lowest BCUT2D eigenvalue weighted by atomic mass is 10.0. The van der Waals surface area contributed by atoms with Gasteiger partial charge in [0.15, 0.2) is 0 Å². The average Bonchev–Trinajstić information content (AvgIpc) is 2.53. The summed E-state index contributed by atoms with van der Waals surface area (Å²) in [5, 5.41) is 10.2. The summed E-state index contributed by atoms with van der Waals surface area (Å²) >= 11 is 0. The van der Waals surface area contributed by atoms with Crippen LogP contribution in [0.15, 0.2) is 60.7 Å². The van der Waals surface area contributed by atoms with Crippen LogP contribution in [0.3, 0.4) is 0 Å². The minimum atomic E-state index is -0.920. The van der Waals surface area contributed by atoms with Crippen molar-refractivity contribution in [3.63, 3.8) is 0 Å². The minimum Gasteiger partial charge on any atom is -0.478 e. The number of aromatic nitrogens is 1. The zero-order valence-corrected chi connectivity index (χ0v) is 11.5. The lowest BCUT2D eigenvalue weighted by Gasteiger charge is -2.08. The molecule has 0 aliphatic heterocycles. The predicted octanol–water partition coefficient (Wildman–Crippen LogP) is 3.72. The molecule has 104 valence electrons. The van der Waals surface area contributed by atoms with Gasteiger partial charge in [0.25, 0.3) is 0 Å². The molecule has 0 saturated carbocycles. The van der Waals surface area contributed by atoms with Crippen molar-refractivity contribution in [2.75, 3.05) is 0 Å². The summed E-state index contributed by atoms with van der Waals surface area (Å²) in [4.78, 5) is 16.0. The van der Waals surface area contributed by atoms with Crippen molar-refractivity contribution in [1.82, 2.24) is 4.98 Å². The van der Waals surface area contributed by atoms with Crippen LogP contribution in [0.4, 0.5) is 0 Å². The number of nitrogens with zero attached hydrogens (tertiary/aromatic N) is 1. The molecule has 0 spiro atoms. The molecule has 1 aromatic heterocycles. The van der Waals surface area contributed by atoms with Crippen LogP contribution in [0.5, 0.6) is 0 Å². The number of hydrogen-bond donors (Lipinski definition) is 1. The Morgan fingerprint density at radius 1 is 0.952 bits per heavy atom. The van der Waals surface area contributed by atoms with Crippen molar-refractivity contribution >= 4 is 16.9 Å². The number of carboxylic acid groups (broad SMARTS) is 1. The normalized spacial score (nSPS) is 10.7. The first-order valence-electron chi connectivity index (χ1n) is 6.90. The fraction of sp³-hybridized carbons (Fsp3) is 0.111. The summed E-state index contributed by atoms with van der Waals surface area (Å²) in [7, 11) is 0. The Morgan fingerprint density at radius 3 is 2.43 bits per heavy atom. The molecular formula is C18H15NO2. The van der Waals surface area contributed by atoms with Crippen molar-refractivity contribution in [3.05, 3.63) is 77.5 Å². The van der Waals surface area contributed by atoms with Crippen molar-refractivity contribution in [2.24, 2.45) is 0 Å².